The van der Waals surface area contributed by atoms with E-state index in [1.54, 1.807) is 30.3 Å². The molecule has 4 rings (SSSR count). The number of methoxy groups -OCH3 is 2. The summed E-state index contributed by atoms with van der Waals surface area (Å²) in [6, 6.07) is 8.54. The molecule has 4 aromatic rings. The summed E-state index contributed by atoms with van der Waals surface area (Å²) < 4.78 is 55.4. The van der Waals surface area contributed by atoms with Gasteiger partial charge in [0.15, 0.2) is 28.9 Å². The topological polar surface area (TPSA) is 170 Å². The number of nitrogens with one attached hydrogen (secondary N) is 1. The van der Waals surface area contributed by atoms with Gasteiger partial charge in [0.2, 0.25) is 21.6 Å². The second kappa shape index (κ2) is 17.9. The van der Waals surface area contributed by atoms with Gasteiger partial charge < -0.3 is 23.7 Å². The quantitative estimate of drug-likeness (QED) is 0.204. The summed E-state index contributed by atoms with van der Waals surface area (Å²) >= 11 is 0. The van der Waals surface area contributed by atoms with Crippen molar-refractivity contribution in [1.29, 1.82) is 0 Å². The van der Waals surface area contributed by atoms with Crippen LogP contribution in [0.4, 0.5) is 5.82 Å². The highest BCUT2D eigenvalue weighted by Gasteiger charge is 2.24. The van der Waals surface area contributed by atoms with Crippen LogP contribution < -0.4 is 28.4 Å². The van der Waals surface area contributed by atoms with Gasteiger partial charge in [-0.1, -0.05) is 39.8 Å². The van der Waals surface area contributed by atoms with Crippen LogP contribution in [0.25, 0.3) is 11.6 Å². The summed E-state index contributed by atoms with van der Waals surface area (Å²) in [5, 5.41) is 0. The Morgan fingerprint density at radius 1 is 0.767 bits per heavy atom. The van der Waals surface area contributed by atoms with Crippen molar-refractivity contribution in [3.63, 3.8) is 0 Å². The molecule has 0 saturated carbocycles. The maximum atomic E-state index is 12.6. The van der Waals surface area contributed by atoms with E-state index in [0.717, 1.165) is 0 Å². The van der Waals surface area contributed by atoms with Gasteiger partial charge in [0, 0.05) is 12.4 Å². The van der Waals surface area contributed by atoms with E-state index in [2.05, 4.69) is 34.6 Å². The summed E-state index contributed by atoms with van der Waals surface area (Å²) in [7, 11) is -0.805. The first kappa shape index (κ1) is 34.4. The molecule has 0 aliphatic carbocycles. The average molecular weight is 616 g/mol. The van der Waals surface area contributed by atoms with Gasteiger partial charge >= 0.3 is 6.01 Å². The molecule has 3 aromatic heterocycles. The minimum atomic E-state index is -3.79. The number of hydrogen-bond acceptors (Lipinski definition) is 13. The van der Waals surface area contributed by atoms with Crippen molar-refractivity contribution in [3.05, 3.63) is 55.1 Å². The Kier molecular flexibility index (Phi) is 14.3. The number of anilines is 1. The third-order valence-corrected chi connectivity index (χ3v) is 6.17. The van der Waals surface area contributed by atoms with Crippen molar-refractivity contribution in [1.82, 2.24) is 29.9 Å². The van der Waals surface area contributed by atoms with Crippen molar-refractivity contribution in [3.8, 4) is 46.5 Å². The SMILES string of the molecule is CC.CC.CCS(=O)(=O)Nc1nc(-c2ncccn2)nc(OCCOc2ncc(OC)cn2)c1Oc1ccccc1OC. The van der Waals surface area contributed by atoms with Gasteiger partial charge in [-0.3, -0.25) is 4.72 Å². The van der Waals surface area contributed by atoms with Crippen molar-refractivity contribution in [2.75, 3.05) is 37.9 Å². The summed E-state index contributed by atoms with van der Waals surface area (Å²) in [5.74, 6) is 0.722. The molecule has 232 valence electrons. The minimum absolute atomic E-state index is 0.00573. The number of ether oxygens (including phenoxy) is 5. The van der Waals surface area contributed by atoms with Gasteiger partial charge in [-0.2, -0.15) is 15.0 Å². The molecule has 0 unspecified atom stereocenters. The molecular weight excluding hydrogens is 578 g/mol. The highest BCUT2D eigenvalue weighted by molar-refractivity contribution is 7.92. The number of para-hydroxylation sites is 2. The minimum Gasteiger partial charge on any atom is -0.494 e. The first-order valence-electron chi connectivity index (χ1n) is 13.5. The standard InChI is InChI=1S/C24H25N7O7S.2C2H6/c1-4-39(32,33)31-20-19(38-18-9-6-5-8-17(18)35-3)23(30-22(29-20)21-25-10-7-11-26-21)36-12-13-37-24-27-14-16(34-2)15-28-24;2*1-2/h5-11,14-15H,4,12-13H2,1-3H3,(H,29,30,31);2*1-2H3. The molecule has 0 amide bonds. The highest BCUT2D eigenvalue weighted by atomic mass is 32.2. The zero-order valence-corrected chi connectivity index (χ0v) is 26.1. The number of benzene rings is 1. The second-order valence-corrected chi connectivity index (χ2v) is 9.47. The highest BCUT2D eigenvalue weighted by Crippen LogP contribution is 2.41. The Morgan fingerprint density at radius 2 is 1.40 bits per heavy atom. The predicted octanol–water partition coefficient (Wildman–Crippen LogP) is 4.80. The molecule has 3 heterocycles. The van der Waals surface area contributed by atoms with Gasteiger partial charge in [0.1, 0.15) is 13.2 Å². The maximum absolute atomic E-state index is 12.6. The lowest BCUT2D eigenvalue weighted by Crippen LogP contribution is -2.18. The molecular formula is C28H37N7O7S. The molecule has 43 heavy (non-hydrogen) atoms. The third-order valence-electron chi connectivity index (χ3n) is 4.91. The van der Waals surface area contributed by atoms with Gasteiger partial charge in [-0.25, -0.2) is 23.4 Å². The second-order valence-electron chi connectivity index (χ2n) is 7.46. The lowest BCUT2D eigenvalue weighted by molar-refractivity contribution is 0.197. The van der Waals surface area contributed by atoms with Crippen LogP contribution in [0, 0.1) is 0 Å². The Labute approximate surface area is 251 Å². The van der Waals surface area contributed by atoms with Gasteiger partial charge in [-0.05, 0) is 25.1 Å². The first-order chi connectivity index (χ1) is 20.9. The lowest BCUT2D eigenvalue weighted by Gasteiger charge is -2.17. The van der Waals surface area contributed by atoms with Crippen molar-refractivity contribution >= 4 is 15.8 Å². The van der Waals surface area contributed by atoms with E-state index in [1.807, 2.05) is 27.7 Å². The molecule has 1 aromatic carbocycles. The molecule has 1 N–H and O–H groups in total. The number of aromatic nitrogens is 6. The Morgan fingerprint density at radius 3 is 2.00 bits per heavy atom. The van der Waals surface area contributed by atoms with Crippen LogP contribution in [0.2, 0.25) is 0 Å². The number of nitrogens with zero attached hydrogens (tertiary/aromatic N) is 6. The molecule has 0 spiro atoms. The summed E-state index contributed by atoms with van der Waals surface area (Å²) in [6.45, 7) is 9.48. The molecule has 0 fully saturated rings. The largest absolute Gasteiger partial charge is 0.494 e. The normalized spacial score (nSPS) is 10.2. The van der Waals surface area contributed by atoms with Crippen LogP contribution in [0.15, 0.2) is 55.1 Å². The van der Waals surface area contributed by atoms with Crippen molar-refractivity contribution in [2.24, 2.45) is 0 Å². The third kappa shape index (κ3) is 10.2. The van der Waals surface area contributed by atoms with Crippen molar-refractivity contribution < 1.29 is 32.1 Å². The Hall–Kier alpha value is -4.79. The van der Waals surface area contributed by atoms with E-state index in [-0.39, 0.29) is 59.8 Å². The Bertz CT molecular complexity index is 1490. The number of hydrogen-bond donors (Lipinski definition) is 1. The van der Waals surface area contributed by atoms with Crippen LogP contribution in [0.3, 0.4) is 0 Å². The molecule has 0 aliphatic rings. The Balaban J connectivity index is 0.00000155. The molecule has 0 radical (unpaired) electrons. The average Bonchev–Trinajstić information content (AvgIpc) is 3.06. The van der Waals surface area contributed by atoms with E-state index in [1.165, 1.54) is 45.9 Å². The zero-order chi connectivity index (χ0) is 31.7. The molecule has 0 saturated heterocycles. The van der Waals surface area contributed by atoms with Crippen molar-refractivity contribution in [2.45, 2.75) is 34.6 Å². The summed E-state index contributed by atoms with van der Waals surface area (Å²) in [4.78, 5) is 25.1. The van der Waals surface area contributed by atoms with Crippen LogP contribution in [-0.2, 0) is 10.0 Å². The fourth-order valence-corrected chi connectivity index (χ4v) is 3.57. The van der Waals surface area contributed by atoms with E-state index < -0.39 is 10.0 Å². The van der Waals surface area contributed by atoms with Gasteiger partial charge in [0.05, 0.1) is 32.4 Å². The fraction of sp³-hybridized carbons (Fsp3) is 0.357. The first-order valence-corrected chi connectivity index (χ1v) is 15.2. The van der Waals surface area contributed by atoms with E-state index >= 15 is 0 Å². The molecule has 0 bridgehead atoms. The maximum Gasteiger partial charge on any atom is 0.316 e. The number of rotatable bonds is 13. The van der Waals surface area contributed by atoms with Crippen LogP contribution in [0.1, 0.15) is 34.6 Å². The molecule has 0 aliphatic heterocycles. The van der Waals surface area contributed by atoms with E-state index in [4.69, 9.17) is 23.7 Å². The molecule has 14 nitrogen and oxygen atoms in total. The molecule has 0 atom stereocenters. The van der Waals surface area contributed by atoms with Crippen LogP contribution in [0.5, 0.6) is 34.9 Å². The lowest BCUT2D eigenvalue weighted by atomic mass is 10.3. The summed E-state index contributed by atoms with van der Waals surface area (Å²) in [5.41, 5.74) is 0. The number of sulfonamides is 1. The monoisotopic (exact) mass is 615 g/mol. The van der Waals surface area contributed by atoms with Gasteiger partial charge in [-0.15, -0.1) is 0 Å². The predicted molar refractivity (Wildman–Crippen MR) is 161 cm³/mol. The summed E-state index contributed by atoms with van der Waals surface area (Å²) in [6.07, 6.45) is 5.93. The fourth-order valence-electron chi connectivity index (χ4n) is 2.99. The smallest absolute Gasteiger partial charge is 0.316 e. The van der Waals surface area contributed by atoms with Crippen LogP contribution >= 0.6 is 0 Å². The van der Waals surface area contributed by atoms with E-state index in [9.17, 15) is 8.42 Å². The van der Waals surface area contributed by atoms with Crippen LogP contribution in [-0.4, -0.2) is 71.5 Å². The van der Waals surface area contributed by atoms with E-state index in [0.29, 0.717) is 11.5 Å². The zero-order valence-electron chi connectivity index (χ0n) is 25.3. The molecule has 15 heteroatoms. The van der Waals surface area contributed by atoms with Gasteiger partial charge in [0.25, 0.3) is 5.88 Å².